The summed E-state index contributed by atoms with van der Waals surface area (Å²) in [4.78, 5) is -0.305. The fraction of sp³-hybridized carbons (Fsp3) is 0.238. The van der Waals surface area contributed by atoms with E-state index in [1.807, 2.05) is 31.3 Å². The van der Waals surface area contributed by atoms with E-state index < -0.39 is 15.8 Å². The molecule has 0 aliphatic heterocycles. The monoisotopic (exact) mass is 384 g/mol. The van der Waals surface area contributed by atoms with Gasteiger partial charge >= 0.3 is 0 Å². The van der Waals surface area contributed by atoms with Gasteiger partial charge in [0.25, 0.3) is 10.0 Å². The van der Waals surface area contributed by atoms with Crippen molar-refractivity contribution in [3.8, 4) is 11.3 Å². The molecule has 0 saturated heterocycles. The maximum Gasteiger partial charge on any atom is 0.271 e. The second-order valence-corrected chi connectivity index (χ2v) is 8.54. The van der Waals surface area contributed by atoms with Crippen molar-refractivity contribution in [3.63, 3.8) is 0 Å². The number of nitrogens with zero attached hydrogens (tertiary/aromatic N) is 1. The van der Waals surface area contributed by atoms with Gasteiger partial charge in [-0.3, -0.25) is 0 Å². The van der Waals surface area contributed by atoms with E-state index >= 15 is 0 Å². The first-order chi connectivity index (χ1) is 13.0. The predicted molar refractivity (Wildman–Crippen MR) is 104 cm³/mol. The number of fused-ring (bicyclic) bond motifs is 3. The van der Waals surface area contributed by atoms with Gasteiger partial charge < -0.3 is 5.32 Å². The Morgan fingerprint density at radius 1 is 1.07 bits per heavy atom. The van der Waals surface area contributed by atoms with Crippen LogP contribution in [0.25, 0.3) is 11.3 Å². The summed E-state index contributed by atoms with van der Waals surface area (Å²) in [5.41, 5.74) is 4.65. The Labute approximate surface area is 158 Å². The lowest BCUT2D eigenvalue weighted by Gasteiger charge is -2.14. The molecule has 0 radical (unpaired) electrons. The third-order valence-corrected chi connectivity index (χ3v) is 6.75. The van der Waals surface area contributed by atoms with E-state index in [-0.39, 0.29) is 4.90 Å². The molecule has 3 aromatic rings. The van der Waals surface area contributed by atoms with E-state index in [9.17, 15) is 12.8 Å². The first-order valence-electron chi connectivity index (χ1n) is 9.00. The zero-order valence-corrected chi connectivity index (χ0v) is 15.9. The molecule has 0 bridgehead atoms. The highest BCUT2D eigenvalue weighted by Crippen LogP contribution is 2.37. The molecule has 1 N–H and O–H groups in total. The van der Waals surface area contributed by atoms with Crippen LogP contribution in [0.1, 0.15) is 23.1 Å². The summed E-state index contributed by atoms with van der Waals surface area (Å²) in [5.74, 6) is -0.739. The summed E-state index contributed by atoms with van der Waals surface area (Å²) in [6, 6.07) is 13.4. The van der Waals surface area contributed by atoms with Gasteiger partial charge in [0.1, 0.15) is 10.7 Å². The van der Waals surface area contributed by atoms with Gasteiger partial charge in [0.15, 0.2) is 0 Å². The van der Waals surface area contributed by atoms with Gasteiger partial charge in [0.05, 0.1) is 5.69 Å². The van der Waals surface area contributed by atoms with Crippen LogP contribution in [-0.4, -0.2) is 19.4 Å². The fourth-order valence-electron chi connectivity index (χ4n) is 3.85. The van der Waals surface area contributed by atoms with Crippen molar-refractivity contribution in [2.45, 2.75) is 30.7 Å². The molecule has 0 unspecified atom stereocenters. The van der Waals surface area contributed by atoms with E-state index in [1.54, 1.807) is 12.3 Å². The lowest BCUT2D eigenvalue weighted by Crippen LogP contribution is -2.15. The third-order valence-electron chi connectivity index (χ3n) is 5.05. The molecular weight excluding hydrogens is 363 g/mol. The van der Waals surface area contributed by atoms with Crippen LogP contribution in [-0.2, 0) is 29.4 Å². The van der Waals surface area contributed by atoms with Crippen molar-refractivity contribution in [2.24, 2.45) is 0 Å². The highest BCUT2D eigenvalue weighted by Gasteiger charge is 2.29. The number of hydrogen-bond donors (Lipinski definition) is 1. The van der Waals surface area contributed by atoms with E-state index in [4.69, 9.17) is 0 Å². The second kappa shape index (κ2) is 6.94. The molecule has 1 aliphatic rings. The Morgan fingerprint density at radius 2 is 1.81 bits per heavy atom. The van der Waals surface area contributed by atoms with Gasteiger partial charge in [-0.1, -0.05) is 36.4 Å². The van der Waals surface area contributed by atoms with Crippen LogP contribution < -0.4 is 5.32 Å². The third kappa shape index (κ3) is 2.99. The number of aryl methyl sites for hydroxylation is 1. The Balaban J connectivity index is 2.03. The van der Waals surface area contributed by atoms with Gasteiger partial charge in [0, 0.05) is 18.3 Å². The molecule has 0 saturated carbocycles. The van der Waals surface area contributed by atoms with Crippen LogP contribution in [0.15, 0.2) is 59.6 Å². The van der Waals surface area contributed by atoms with E-state index in [0.29, 0.717) is 12.2 Å². The van der Waals surface area contributed by atoms with Crippen molar-refractivity contribution in [1.29, 1.82) is 0 Å². The zero-order valence-electron chi connectivity index (χ0n) is 15.1. The number of nitrogens with one attached hydrogen (secondary N) is 1. The van der Waals surface area contributed by atoms with E-state index in [2.05, 4.69) is 5.32 Å². The normalized spacial score (nSPS) is 13.7. The standard InChI is InChI=1S/C21H21FN2O2S/c1-23-13-16-14-24(27(25,26)20-12-5-4-11-19(20)22)21-17-9-3-2-7-15(17)8-6-10-18(16)21/h2-5,7,9,11-12,14,23H,6,8,10,13H2,1H3. The average Bonchev–Trinajstić information content (AvgIpc) is 2.91. The number of rotatable bonds is 4. The topological polar surface area (TPSA) is 51.1 Å². The Hall–Kier alpha value is -2.44. The summed E-state index contributed by atoms with van der Waals surface area (Å²) in [5, 5.41) is 3.11. The number of aromatic nitrogens is 1. The Kier molecular flexibility index (Phi) is 4.61. The molecule has 0 amide bonds. The highest BCUT2D eigenvalue weighted by atomic mass is 32.2. The molecule has 4 rings (SSSR count). The first-order valence-corrected chi connectivity index (χ1v) is 10.4. The molecule has 140 valence electrons. The molecule has 4 nitrogen and oxygen atoms in total. The van der Waals surface area contributed by atoms with Crippen molar-refractivity contribution >= 4 is 10.0 Å². The van der Waals surface area contributed by atoms with E-state index in [0.717, 1.165) is 41.5 Å². The molecular formula is C21H21FN2O2S. The summed E-state index contributed by atoms with van der Waals surface area (Å²) < 4.78 is 42.3. The van der Waals surface area contributed by atoms with Crippen molar-refractivity contribution < 1.29 is 12.8 Å². The largest absolute Gasteiger partial charge is 0.316 e. The summed E-state index contributed by atoms with van der Waals surface area (Å²) in [6.45, 7) is 0.560. The Bertz CT molecular complexity index is 1100. The average molecular weight is 384 g/mol. The second-order valence-electron chi connectivity index (χ2n) is 6.75. The van der Waals surface area contributed by atoms with Gasteiger partial charge in [0.2, 0.25) is 0 Å². The SMILES string of the molecule is CNCc1cn(S(=O)(=O)c2ccccc2F)c2c1CCCc1ccccc1-2. The quantitative estimate of drug-likeness (QED) is 0.746. The highest BCUT2D eigenvalue weighted by molar-refractivity contribution is 7.90. The minimum absolute atomic E-state index is 0.305. The molecule has 0 atom stereocenters. The van der Waals surface area contributed by atoms with Gasteiger partial charge in [-0.15, -0.1) is 0 Å². The minimum Gasteiger partial charge on any atom is -0.316 e. The fourth-order valence-corrected chi connectivity index (χ4v) is 5.34. The smallest absolute Gasteiger partial charge is 0.271 e. The maximum atomic E-state index is 14.3. The maximum absolute atomic E-state index is 14.3. The van der Waals surface area contributed by atoms with Crippen LogP contribution in [0.5, 0.6) is 0 Å². The predicted octanol–water partition coefficient (Wildman–Crippen LogP) is 3.74. The first kappa shape index (κ1) is 17.9. The van der Waals surface area contributed by atoms with Crippen LogP contribution >= 0.6 is 0 Å². The lowest BCUT2D eigenvalue weighted by molar-refractivity contribution is 0.561. The number of hydrogen-bond acceptors (Lipinski definition) is 3. The van der Waals surface area contributed by atoms with Crippen LogP contribution in [0, 0.1) is 5.82 Å². The van der Waals surface area contributed by atoms with Gasteiger partial charge in [-0.25, -0.2) is 16.8 Å². The van der Waals surface area contributed by atoms with Gasteiger partial charge in [-0.05, 0) is 55.1 Å². The summed E-state index contributed by atoms with van der Waals surface area (Å²) in [6.07, 6.45) is 4.28. The van der Waals surface area contributed by atoms with E-state index in [1.165, 1.54) is 22.2 Å². The van der Waals surface area contributed by atoms with Crippen molar-refractivity contribution in [3.05, 3.63) is 77.2 Å². The van der Waals surface area contributed by atoms with Gasteiger partial charge in [-0.2, -0.15) is 0 Å². The van der Waals surface area contributed by atoms with Crippen LogP contribution in [0.2, 0.25) is 0 Å². The number of benzene rings is 2. The molecule has 0 spiro atoms. The number of halogens is 1. The Morgan fingerprint density at radius 3 is 2.59 bits per heavy atom. The summed E-state index contributed by atoms with van der Waals surface area (Å²) in [7, 11) is -2.22. The van der Waals surface area contributed by atoms with Crippen molar-refractivity contribution in [2.75, 3.05) is 7.05 Å². The molecule has 2 aromatic carbocycles. The minimum atomic E-state index is -4.05. The van der Waals surface area contributed by atoms with Crippen molar-refractivity contribution in [1.82, 2.24) is 9.29 Å². The molecule has 1 heterocycles. The molecule has 1 aliphatic carbocycles. The molecule has 0 fully saturated rings. The molecule has 1 aromatic heterocycles. The lowest BCUT2D eigenvalue weighted by atomic mass is 10.0. The van der Waals surface area contributed by atoms with Crippen LogP contribution in [0.4, 0.5) is 4.39 Å². The molecule has 6 heteroatoms. The van der Waals surface area contributed by atoms with Crippen LogP contribution in [0.3, 0.4) is 0 Å². The summed E-state index contributed by atoms with van der Waals surface area (Å²) >= 11 is 0. The molecule has 27 heavy (non-hydrogen) atoms. The zero-order chi connectivity index (χ0) is 19.0.